The normalized spacial score (nSPS) is 10.9. The number of anilines is 2. The van der Waals surface area contributed by atoms with Crippen LogP contribution in [0.2, 0.25) is 0 Å². The van der Waals surface area contributed by atoms with E-state index in [9.17, 15) is 9.59 Å². The summed E-state index contributed by atoms with van der Waals surface area (Å²) in [5.41, 5.74) is 2.24. The zero-order chi connectivity index (χ0) is 18.6. The van der Waals surface area contributed by atoms with Gasteiger partial charge in [0, 0.05) is 36.6 Å². The Bertz CT molecular complexity index is 742. The molecule has 0 saturated carbocycles. The fourth-order valence-electron chi connectivity index (χ4n) is 2.20. The largest absolute Gasteiger partial charge is 0.444 e. The smallest absolute Gasteiger partial charge is 0.412 e. The van der Waals surface area contributed by atoms with Gasteiger partial charge in [0.15, 0.2) is 5.78 Å². The second-order valence-corrected chi connectivity index (χ2v) is 6.97. The highest BCUT2D eigenvalue weighted by Gasteiger charge is 2.16. The molecule has 0 aliphatic carbocycles. The van der Waals surface area contributed by atoms with Crippen molar-refractivity contribution in [3.05, 3.63) is 59.7 Å². The van der Waals surface area contributed by atoms with Crippen molar-refractivity contribution in [1.82, 2.24) is 0 Å². The summed E-state index contributed by atoms with van der Waals surface area (Å²) < 4.78 is 5.20. The summed E-state index contributed by atoms with van der Waals surface area (Å²) in [4.78, 5) is 26.3. The van der Waals surface area contributed by atoms with E-state index < -0.39 is 11.7 Å². The number of amides is 1. The highest BCUT2D eigenvalue weighted by Crippen LogP contribution is 2.18. The van der Waals surface area contributed by atoms with E-state index >= 15 is 0 Å². The molecule has 0 bridgehead atoms. The highest BCUT2D eigenvalue weighted by atomic mass is 16.6. The minimum Gasteiger partial charge on any atom is -0.444 e. The number of carbonyl (C=O) groups excluding carboxylic acids is 2. The molecule has 0 heterocycles. The Balaban J connectivity index is 2.06. The lowest BCUT2D eigenvalue weighted by molar-refractivity contribution is 0.0636. The molecule has 1 amide bonds. The van der Waals surface area contributed by atoms with Crippen LogP contribution in [-0.2, 0) is 4.74 Å². The van der Waals surface area contributed by atoms with Crippen molar-refractivity contribution in [1.29, 1.82) is 0 Å². The van der Waals surface area contributed by atoms with Crippen LogP contribution in [0.15, 0.2) is 48.5 Å². The van der Waals surface area contributed by atoms with Gasteiger partial charge in [-0.15, -0.1) is 0 Å². The third kappa shape index (κ3) is 5.35. The average molecular weight is 340 g/mol. The summed E-state index contributed by atoms with van der Waals surface area (Å²) in [7, 11) is 3.90. The predicted octanol–water partition coefficient (Wildman–Crippen LogP) is 4.33. The number of hydrogen-bond donors (Lipinski definition) is 1. The van der Waals surface area contributed by atoms with Crippen LogP contribution >= 0.6 is 0 Å². The number of ketones is 1. The van der Waals surface area contributed by atoms with E-state index in [0.717, 1.165) is 5.69 Å². The molecule has 0 unspecified atom stereocenters. The van der Waals surface area contributed by atoms with Crippen LogP contribution in [0.4, 0.5) is 16.2 Å². The molecular weight excluding hydrogens is 316 g/mol. The van der Waals surface area contributed by atoms with Gasteiger partial charge in [-0.25, -0.2) is 4.79 Å². The maximum Gasteiger partial charge on any atom is 0.412 e. The summed E-state index contributed by atoms with van der Waals surface area (Å²) in [6, 6.07) is 14.2. The molecule has 0 aromatic heterocycles. The number of ether oxygens (including phenoxy) is 1. The Morgan fingerprint density at radius 2 is 1.36 bits per heavy atom. The molecule has 0 saturated heterocycles. The van der Waals surface area contributed by atoms with Crippen LogP contribution < -0.4 is 10.2 Å². The quantitative estimate of drug-likeness (QED) is 0.842. The van der Waals surface area contributed by atoms with Crippen LogP contribution in [-0.4, -0.2) is 31.6 Å². The molecule has 0 spiro atoms. The molecule has 0 aliphatic rings. The van der Waals surface area contributed by atoms with Gasteiger partial charge < -0.3 is 9.64 Å². The van der Waals surface area contributed by atoms with E-state index in [0.29, 0.717) is 16.8 Å². The van der Waals surface area contributed by atoms with E-state index in [-0.39, 0.29) is 5.78 Å². The number of rotatable bonds is 4. The second-order valence-electron chi connectivity index (χ2n) is 6.97. The molecule has 0 aliphatic heterocycles. The highest BCUT2D eigenvalue weighted by molar-refractivity contribution is 6.09. The van der Waals surface area contributed by atoms with Gasteiger partial charge in [0.05, 0.1) is 0 Å². The first-order valence-electron chi connectivity index (χ1n) is 8.08. The SMILES string of the molecule is CN(C)c1ccc(C(=O)c2ccc(NC(=O)OC(C)(C)C)cc2)cc1. The zero-order valence-electron chi connectivity index (χ0n) is 15.3. The van der Waals surface area contributed by atoms with Crippen LogP contribution in [0, 0.1) is 0 Å². The van der Waals surface area contributed by atoms with Crippen molar-refractivity contribution in [2.45, 2.75) is 26.4 Å². The molecule has 2 aromatic carbocycles. The Hall–Kier alpha value is -2.82. The molecule has 2 aromatic rings. The van der Waals surface area contributed by atoms with Crippen molar-refractivity contribution in [3.8, 4) is 0 Å². The topological polar surface area (TPSA) is 58.6 Å². The number of carbonyl (C=O) groups is 2. The van der Waals surface area contributed by atoms with Crippen molar-refractivity contribution >= 4 is 23.3 Å². The summed E-state index contributed by atoms with van der Waals surface area (Å²) >= 11 is 0. The van der Waals surface area contributed by atoms with Gasteiger partial charge in [-0.2, -0.15) is 0 Å². The van der Waals surface area contributed by atoms with Gasteiger partial charge in [-0.3, -0.25) is 10.1 Å². The number of nitrogens with one attached hydrogen (secondary N) is 1. The predicted molar refractivity (Wildman–Crippen MR) is 101 cm³/mol. The van der Waals surface area contributed by atoms with Crippen LogP contribution in [0.3, 0.4) is 0 Å². The van der Waals surface area contributed by atoms with Gasteiger partial charge in [0.25, 0.3) is 0 Å². The van der Waals surface area contributed by atoms with Gasteiger partial charge in [-0.05, 0) is 69.3 Å². The lowest BCUT2D eigenvalue weighted by Crippen LogP contribution is -2.27. The summed E-state index contributed by atoms with van der Waals surface area (Å²) in [5, 5.41) is 2.65. The number of nitrogens with zero attached hydrogens (tertiary/aromatic N) is 1. The zero-order valence-corrected chi connectivity index (χ0v) is 15.3. The average Bonchev–Trinajstić information content (AvgIpc) is 2.53. The summed E-state index contributed by atoms with van der Waals surface area (Å²) in [5.74, 6) is -0.0610. The van der Waals surface area contributed by atoms with Gasteiger partial charge in [0.2, 0.25) is 0 Å². The Kier molecular flexibility index (Phi) is 5.47. The van der Waals surface area contributed by atoms with E-state index in [1.165, 1.54) is 0 Å². The van der Waals surface area contributed by atoms with Crippen LogP contribution in [0.1, 0.15) is 36.7 Å². The third-order valence-electron chi connectivity index (χ3n) is 3.44. The standard InChI is InChI=1S/C20H24N2O3/c1-20(2,3)25-19(24)21-16-10-6-14(7-11-16)18(23)15-8-12-17(13-9-15)22(4)5/h6-13H,1-5H3,(H,21,24). The molecule has 5 nitrogen and oxygen atoms in total. The molecular formula is C20H24N2O3. The molecule has 0 atom stereocenters. The minimum absolute atomic E-state index is 0.0610. The first-order chi connectivity index (χ1) is 11.7. The van der Waals surface area contributed by atoms with Gasteiger partial charge in [0.1, 0.15) is 5.60 Å². The second kappa shape index (κ2) is 7.38. The van der Waals surface area contributed by atoms with E-state index in [4.69, 9.17) is 4.74 Å². The Morgan fingerprint density at radius 3 is 1.80 bits per heavy atom. The summed E-state index contributed by atoms with van der Waals surface area (Å²) in [6.07, 6.45) is -0.522. The van der Waals surface area contributed by atoms with Crippen LogP contribution in [0.5, 0.6) is 0 Å². The third-order valence-corrected chi connectivity index (χ3v) is 3.44. The maximum atomic E-state index is 12.5. The Morgan fingerprint density at radius 1 is 0.880 bits per heavy atom. The van der Waals surface area contributed by atoms with Gasteiger partial charge >= 0.3 is 6.09 Å². The van der Waals surface area contributed by atoms with Crippen molar-refractivity contribution in [2.75, 3.05) is 24.3 Å². The lowest BCUT2D eigenvalue weighted by Gasteiger charge is -2.19. The molecule has 0 radical (unpaired) electrons. The van der Waals surface area contributed by atoms with E-state index in [1.807, 2.05) is 43.3 Å². The monoisotopic (exact) mass is 340 g/mol. The van der Waals surface area contributed by atoms with Crippen molar-refractivity contribution in [2.24, 2.45) is 0 Å². The van der Waals surface area contributed by atoms with Gasteiger partial charge in [-0.1, -0.05) is 0 Å². The molecule has 132 valence electrons. The molecule has 1 N–H and O–H groups in total. The fraction of sp³-hybridized carbons (Fsp3) is 0.300. The molecule has 0 fully saturated rings. The summed E-state index contributed by atoms with van der Waals surface area (Å²) in [6.45, 7) is 5.40. The first-order valence-corrected chi connectivity index (χ1v) is 8.08. The number of hydrogen-bond acceptors (Lipinski definition) is 4. The van der Waals surface area contributed by atoms with E-state index in [1.54, 1.807) is 45.0 Å². The lowest BCUT2D eigenvalue weighted by atomic mass is 10.0. The molecule has 2 rings (SSSR count). The van der Waals surface area contributed by atoms with Crippen molar-refractivity contribution < 1.29 is 14.3 Å². The minimum atomic E-state index is -0.557. The van der Waals surface area contributed by atoms with Crippen LogP contribution in [0.25, 0.3) is 0 Å². The fourth-order valence-corrected chi connectivity index (χ4v) is 2.20. The maximum absolute atomic E-state index is 12.5. The first kappa shape index (κ1) is 18.5. The Labute approximate surface area is 148 Å². The molecule has 25 heavy (non-hydrogen) atoms. The number of benzene rings is 2. The van der Waals surface area contributed by atoms with E-state index in [2.05, 4.69) is 5.32 Å². The molecule has 5 heteroatoms. The van der Waals surface area contributed by atoms with Crippen molar-refractivity contribution in [3.63, 3.8) is 0 Å².